The summed E-state index contributed by atoms with van der Waals surface area (Å²) in [5, 5.41) is 16.1. The van der Waals surface area contributed by atoms with E-state index in [0.717, 1.165) is 0 Å². The maximum Gasteiger partial charge on any atom is 0.270 e. The summed E-state index contributed by atoms with van der Waals surface area (Å²) in [4.78, 5) is 21.8. The van der Waals surface area contributed by atoms with E-state index in [9.17, 15) is 14.9 Å². The minimum Gasteiger partial charge on any atom is -0.360 e. The minimum absolute atomic E-state index is 0.0999. The number of rotatable bonds is 3. The van der Waals surface area contributed by atoms with E-state index in [1.807, 2.05) is 13.8 Å². The van der Waals surface area contributed by atoms with Crippen LogP contribution in [0.1, 0.15) is 24.2 Å². The van der Waals surface area contributed by atoms with Gasteiger partial charge in [0.15, 0.2) is 5.11 Å². The summed E-state index contributed by atoms with van der Waals surface area (Å²) in [5.41, 5.74) is 0.0579. The number of benzene rings is 1. The van der Waals surface area contributed by atoms with Gasteiger partial charge in [-0.3, -0.25) is 20.2 Å². The normalized spacial score (nSPS) is 9.94. The lowest BCUT2D eigenvalue weighted by atomic mass is 10.2. The zero-order valence-corrected chi connectivity index (χ0v) is 10.8. The highest BCUT2D eigenvalue weighted by Gasteiger charge is 2.12. The summed E-state index contributed by atoms with van der Waals surface area (Å²) < 4.78 is 0. The van der Waals surface area contributed by atoms with Gasteiger partial charge >= 0.3 is 0 Å². The predicted molar refractivity (Wildman–Crippen MR) is 71.4 cm³/mol. The largest absolute Gasteiger partial charge is 0.360 e. The first-order chi connectivity index (χ1) is 8.40. The van der Waals surface area contributed by atoms with Gasteiger partial charge in [-0.1, -0.05) is 6.07 Å². The van der Waals surface area contributed by atoms with Crippen molar-refractivity contribution in [3.63, 3.8) is 0 Å². The van der Waals surface area contributed by atoms with Crippen molar-refractivity contribution in [3.8, 4) is 0 Å². The fourth-order valence-electron chi connectivity index (χ4n) is 1.23. The van der Waals surface area contributed by atoms with Crippen LogP contribution >= 0.6 is 12.2 Å². The number of nitro benzene ring substituents is 1. The summed E-state index contributed by atoms with van der Waals surface area (Å²) in [6, 6.07) is 5.56. The number of nitrogens with zero attached hydrogens (tertiary/aromatic N) is 1. The van der Waals surface area contributed by atoms with Crippen LogP contribution in [0.25, 0.3) is 0 Å². The van der Waals surface area contributed by atoms with Crippen molar-refractivity contribution in [2.45, 2.75) is 19.9 Å². The average Bonchev–Trinajstić information content (AvgIpc) is 2.27. The molecule has 0 heterocycles. The highest BCUT2D eigenvalue weighted by Crippen LogP contribution is 2.12. The van der Waals surface area contributed by atoms with Crippen molar-refractivity contribution < 1.29 is 9.72 Å². The van der Waals surface area contributed by atoms with Gasteiger partial charge in [-0.2, -0.15) is 0 Å². The first kappa shape index (κ1) is 14.0. The maximum atomic E-state index is 11.8. The van der Waals surface area contributed by atoms with Gasteiger partial charge in [0, 0.05) is 23.7 Å². The number of amides is 1. The third-order valence-corrected chi connectivity index (χ3v) is 2.19. The molecular weight excluding hydrogens is 254 g/mol. The first-order valence-electron chi connectivity index (χ1n) is 5.26. The molecule has 0 aromatic heterocycles. The van der Waals surface area contributed by atoms with Gasteiger partial charge in [-0.15, -0.1) is 0 Å². The van der Waals surface area contributed by atoms with Crippen LogP contribution in [0.2, 0.25) is 0 Å². The third-order valence-electron chi connectivity index (χ3n) is 1.97. The molecule has 1 aromatic rings. The molecule has 96 valence electrons. The average molecular weight is 267 g/mol. The molecule has 0 aliphatic rings. The second kappa shape index (κ2) is 6.06. The quantitative estimate of drug-likeness (QED) is 0.494. The number of non-ortho nitro benzene ring substituents is 1. The molecule has 1 amide bonds. The lowest BCUT2D eigenvalue weighted by Crippen LogP contribution is -2.42. The van der Waals surface area contributed by atoms with E-state index in [2.05, 4.69) is 10.6 Å². The van der Waals surface area contributed by atoms with Crippen molar-refractivity contribution in [2.75, 3.05) is 0 Å². The summed E-state index contributed by atoms with van der Waals surface area (Å²) in [5.74, 6) is -0.475. The molecule has 7 heteroatoms. The second-order valence-electron chi connectivity index (χ2n) is 3.89. The van der Waals surface area contributed by atoms with Gasteiger partial charge in [0.1, 0.15) is 0 Å². The Morgan fingerprint density at radius 3 is 2.67 bits per heavy atom. The van der Waals surface area contributed by atoms with Crippen LogP contribution in [0.4, 0.5) is 5.69 Å². The summed E-state index contributed by atoms with van der Waals surface area (Å²) in [6.45, 7) is 3.76. The van der Waals surface area contributed by atoms with E-state index < -0.39 is 10.8 Å². The molecule has 18 heavy (non-hydrogen) atoms. The number of carbonyl (C=O) groups is 1. The number of carbonyl (C=O) groups excluding carboxylic acids is 1. The van der Waals surface area contributed by atoms with Gasteiger partial charge < -0.3 is 5.32 Å². The van der Waals surface area contributed by atoms with E-state index in [-0.39, 0.29) is 22.4 Å². The van der Waals surface area contributed by atoms with Crippen molar-refractivity contribution in [1.82, 2.24) is 10.6 Å². The van der Waals surface area contributed by atoms with Gasteiger partial charge in [0.2, 0.25) is 0 Å². The fraction of sp³-hybridized carbons (Fsp3) is 0.273. The number of hydrogen-bond acceptors (Lipinski definition) is 4. The zero-order chi connectivity index (χ0) is 13.7. The van der Waals surface area contributed by atoms with Gasteiger partial charge in [-0.25, -0.2) is 0 Å². The van der Waals surface area contributed by atoms with Gasteiger partial charge in [0.05, 0.1) is 4.92 Å². The van der Waals surface area contributed by atoms with E-state index >= 15 is 0 Å². The maximum absolute atomic E-state index is 11.8. The fourth-order valence-corrected chi connectivity index (χ4v) is 1.56. The number of nitrogens with one attached hydrogen (secondary N) is 2. The molecule has 0 radical (unpaired) electrons. The van der Waals surface area contributed by atoms with E-state index in [1.54, 1.807) is 0 Å². The molecule has 0 fully saturated rings. The Morgan fingerprint density at radius 2 is 2.11 bits per heavy atom. The highest BCUT2D eigenvalue weighted by molar-refractivity contribution is 7.80. The van der Waals surface area contributed by atoms with Crippen molar-refractivity contribution in [1.29, 1.82) is 0 Å². The molecule has 6 nitrogen and oxygen atoms in total. The van der Waals surface area contributed by atoms with Gasteiger partial charge in [0.25, 0.3) is 11.6 Å². The van der Waals surface area contributed by atoms with Gasteiger partial charge in [-0.05, 0) is 32.1 Å². The Balaban J connectivity index is 2.75. The Kier molecular flexibility index (Phi) is 4.73. The predicted octanol–water partition coefficient (Wildman–Crippen LogP) is 1.61. The molecule has 0 saturated carbocycles. The topological polar surface area (TPSA) is 84.3 Å². The second-order valence-corrected chi connectivity index (χ2v) is 4.30. The molecule has 1 rings (SSSR count). The van der Waals surface area contributed by atoms with Crippen LogP contribution in [-0.2, 0) is 0 Å². The summed E-state index contributed by atoms with van der Waals surface area (Å²) in [7, 11) is 0. The van der Waals surface area contributed by atoms with Crippen LogP contribution in [0.15, 0.2) is 24.3 Å². The first-order valence-corrected chi connectivity index (χ1v) is 5.67. The molecule has 2 N–H and O–H groups in total. The van der Waals surface area contributed by atoms with Crippen molar-refractivity contribution in [2.24, 2.45) is 0 Å². The molecule has 0 aliphatic heterocycles. The Hall–Kier alpha value is -2.02. The molecule has 0 bridgehead atoms. The highest BCUT2D eigenvalue weighted by atomic mass is 32.1. The van der Waals surface area contributed by atoms with E-state index in [4.69, 9.17) is 12.2 Å². The lowest BCUT2D eigenvalue weighted by Gasteiger charge is -2.11. The van der Waals surface area contributed by atoms with Crippen LogP contribution in [0.5, 0.6) is 0 Å². The Morgan fingerprint density at radius 1 is 1.44 bits per heavy atom. The SMILES string of the molecule is CC(C)NC(=S)NC(=O)c1cccc([N+](=O)[O-])c1. The molecular formula is C11H13N3O3S. The molecule has 0 atom stereocenters. The van der Waals surface area contributed by atoms with E-state index in [1.165, 1.54) is 24.3 Å². The Bertz CT molecular complexity index is 488. The minimum atomic E-state index is -0.554. The molecule has 0 spiro atoms. The summed E-state index contributed by atoms with van der Waals surface area (Å²) >= 11 is 4.91. The standard InChI is InChI=1S/C11H13N3O3S/c1-7(2)12-11(18)13-10(15)8-4-3-5-9(6-8)14(16)17/h3-7H,1-2H3,(H2,12,13,15,18). The molecule has 1 aromatic carbocycles. The number of nitro groups is 1. The smallest absolute Gasteiger partial charge is 0.270 e. The molecule has 0 aliphatic carbocycles. The summed E-state index contributed by atoms with van der Waals surface area (Å²) in [6.07, 6.45) is 0. The number of hydrogen-bond donors (Lipinski definition) is 2. The van der Waals surface area contributed by atoms with E-state index in [0.29, 0.717) is 0 Å². The molecule has 0 saturated heterocycles. The van der Waals surface area contributed by atoms with Crippen LogP contribution < -0.4 is 10.6 Å². The van der Waals surface area contributed by atoms with Crippen molar-refractivity contribution >= 4 is 28.9 Å². The lowest BCUT2D eigenvalue weighted by molar-refractivity contribution is -0.384. The van der Waals surface area contributed by atoms with Crippen LogP contribution in [0, 0.1) is 10.1 Å². The van der Waals surface area contributed by atoms with Crippen LogP contribution in [0.3, 0.4) is 0 Å². The third kappa shape index (κ3) is 4.10. The van der Waals surface area contributed by atoms with Crippen molar-refractivity contribution in [3.05, 3.63) is 39.9 Å². The molecule has 0 unspecified atom stereocenters. The van der Waals surface area contributed by atoms with Crippen LogP contribution in [-0.4, -0.2) is 22.0 Å². The number of thiocarbonyl (C=S) groups is 1. The zero-order valence-electron chi connectivity index (χ0n) is 9.97. The monoisotopic (exact) mass is 267 g/mol. The Labute approximate surface area is 110 Å².